The Kier molecular flexibility index (Phi) is 5.38. The Hall–Kier alpha value is -3.06. The van der Waals surface area contributed by atoms with Gasteiger partial charge in [0.2, 0.25) is 0 Å². The molecule has 0 saturated carbocycles. The molecule has 0 N–H and O–H groups in total. The van der Waals surface area contributed by atoms with Gasteiger partial charge in [-0.2, -0.15) is 0 Å². The maximum absolute atomic E-state index is 13.7. The van der Waals surface area contributed by atoms with E-state index >= 15 is 0 Å². The minimum Gasteiger partial charge on any atom is -0.469 e. The Morgan fingerprint density at radius 2 is 1.96 bits per heavy atom. The van der Waals surface area contributed by atoms with Crippen molar-refractivity contribution in [1.29, 1.82) is 0 Å². The van der Waals surface area contributed by atoms with Crippen LogP contribution >= 0.6 is 11.6 Å². The van der Waals surface area contributed by atoms with Crippen LogP contribution in [0.15, 0.2) is 48.8 Å². The molecule has 6 nitrogen and oxygen atoms in total. The van der Waals surface area contributed by atoms with Crippen LogP contribution in [-0.2, 0) is 16.0 Å². The van der Waals surface area contributed by atoms with E-state index in [9.17, 15) is 9.18 Å². The van der Waals surface area contributed by atoms with Gasteiger partial charge in [-0.05, 0) is 36.4 Å². The zero-order valence-electron chi connectivity index (χ0n) is 13.6. The molecule has 1 aromatic carbocycles. The van der Waals surface area contributed by atoms with Crippen LogP contribution in [0, 0.1) is 5.82 Å². The number of hydrogen-bond donors (Lipinski definition) is 0. The van der Waals surface area contributed by atoms with Crippen LogP contribution in [0.4, 0.5) is 4.39 Å². The quantitative estimate of drug-likeness (QED) is 0.632. The fourth-order valence-corrected chi connectivity index (χ4v) is 2.27. The maximum atomic E-state index is 13.7. The molecule has 2 aromatic heterocycles. The summed E-state index contributed by atoms with van der Waals surface area (Å²) >= 11 is 5.66. The third-order valence-corrected chi connectivity index (χ3v) is 3.58. The van der Waals surface area contributed by atoms with Crippen LogP contribution in [0.5, 0.6) is 11.6 Å². The van der Waals surface area contributed by atoms with Crippen molar-refractivity contribution in [2.45, 2.75) is 6.42 Å². The molecule has 26 heavy (non-hydrogen) atoms. The van der Waals surface area contributed by atoms with Gasteiger partial charge in [-0.1, -0.05) is 11.6 Å². The Bertz CT molecular complexity index is 935. The van der Waals surface area contributed by atoms with E-state index in [2.05, 4.69) is 19.7 Å². The summed E-state index contributed by atoms with van der Waals surface area (Å²) in [6.07, 6.45) is 2.86. The van der Waals surface area contributed by atoms with Crippen LogP contribution in [0.2, 0.25) is 5.02 Å². The van der Waals surface area contributed by atoms with E-state index in [-0.39, 0.29) is 17.3 Å². The molecular formula is C18H13ClFN3O3. The van der Waals surface area contributed by atoms with Crippen molar-refractivity contribution < 1.29 is 18.7 Å². The highest BCUT2D eigenvalue weighted by molar-refractivity contribution is 6.30. The number of aromatic nitrogens is 3. The van der Waals surface area contributed by atoms with Crippen LogP contribution < -0.4 is 4.74 Å². The zero-order valence-corrected chi connectivity index (χ0v) is 14.4. The molecule has 0 aliphatic rings. The summed E-state index contributed by atoms with van der Waals surface area (Å²) in [7, 11) is 1.31. The second kappa shape index (κ2) is 7.88. The summed E-state index contributed by atoms with van der Waals surface area (Å²) in [6, 6.07) is 9.68. The number of methoxy groups -OCH3 is 1. The average molecular weight is 374 g/mol. The lowest BCUT2D eigenvalue weighted by Crippen LogP contribution is -2.08. The highest BCUT2D eigenvalue weighted by Gasteiger charge is 2.10. The number of benzene rings is 1. The van der Waals surface area contributed by atoms with Crippen LogP contribution in [0.3, 0.4) is 0 Å². The van der Waals surface area contributed by atoms with E-state index in [1.54, 1.807) is 36.5 Å². The topological polar surface area (TPSA) is 74.2 Å². The SMILES string of the molecule is COC(=O)Cc1nccc(-c2ccc(Oc3ncc(Cl)cc3F)cc2)n1. The van der Waals surface area contributed by atoms with Gasteiger partial charge in [0.1, 0.15) is 18.0 Å². The van der Waals surface area contributed by atoms with Crippen molar-refractivity contribution >= 4 is 17.6 Å². The van der Waals surface area contributed by atoms with Gasteiger partial charge in [0.25, 0.3) is 5.88 Å². The van der Waals surface area contributed by atoms with Gasteiger partial charge in [0, 0.05) is 18.0 Å². The minimum absolute atomic E-state index is 0.00690. The van der Waals surface area contributed by atoms with E-state index in [4.69, 9.17) is 16.3 Å². The summed E-state index contributed by atoms with van der Waals surface area (Å²) in [4.78, 5) is 23.5. The highest BCUT2D eigenvalue weighted by Crippen LogP contribution is 2.26. The molecule has 3 aromatic rings. The average Bonchev–Trinajstić information content (AvgIpc) is 2.65. The highest BCUT2D eigenvalue weighted by atomic mass is 35.5. The fraction of sp³-hybridized carbons (Fsp3) is 0.111. The maximum Gasteiger partial charge on any atom is 0.313 e. The summed E-state index contributed by atoms with van der Waals surface area (Å²) < 4.78 is 23.7. The van der Waals surface area contributed by atoms with E-state index in [0.29, 0.717) is 17.3 Å². The molecule has 0 spiro atoms. The van der Waals surface area contributed by atoms with Crippen molar-refractivity contribution in [2.75, 3.05) is 7.11 Å². The van der Waals surface area contributed by atoms with Crippen LogP contribution in [0.25, 0.3) is 11.3 Å². The third-order valence-electron chi connectivity index (χ3n) is 3.37. The number of carbonyl (C=O) groups excluding carboxylic acids is 1. The monoisotopic (exact) mass is 373 g/mol. The van der Waals surface area contributed by atoms with E-state index < -0.39 is 11.8 Å². The first-order valence-electron chi connectivity index (χ1n) is 7.53. The normalized spacial score (nSPS) is 10.4. The molecule has 0 aliphatic heterocycles. The van der Waals surface area contributed by atoms with Gasteiger partial charge in [0.15, 0.2) is 5.82 Å². The van der Waals surface area contributed by atoms with E-state index in [0.717, 1.165) is 11.6 Å². The fourth-order valence-electron chi connectivity index (χ4n) is 2.13. The van der Waals surface area contributed by atoms with Gasteiger partial charge >= 0.3 is 5.97 Å². The molecule has 0 amide bonds. The Balaban J connectivity index is 1.77. The second-order valence-corrected chi connectivity index (χ2v) is 5.61. The zero-order chi connectivity index (χ0) is 18.5. The predicted molar refractivity (Wildman–Crippen MR) is 92.5 cm³/mol. The third kappa shape index (κ3) is 4.31. The van der Waals surface area contributed by atoms with Crippen molar-refractivity contribution in [3.8, 4) is 22.9 Å². The van der Waals surface area contributed by atoms with Gasteiger partial charge in [0.05, 0.1) is 17.8 Å². The Morgan fingerprint density at radius 3 is 2.65 bits per heavy atom. The number of rotatable bonds is 5. The van der Waals surface area contributed by atoms with Crippen molar-refractivity contribution in [1.82, 2.24) is 15.0 Å². The first-order valence-corrected chi connectivity index (χ1v) is 7.91. The van der Waals surface area contributed by atoms with Gasteiger partial charge in [-0.15, -0.1) is 0 Å². The summed E-state index contributed by atoms with van der Waals surface area (Å²) in [5, 5.41) is 0.191. The molecule has 0 radical (unpaired) electrons. The number of carbonyl (C=O) groups is 1. The number of pyridine rings is 1. The van der Waals surface area contributed by atoms with Gasteiger partial charge in [-0.3, -0.25) is 4.79 Å². The lowest BCUT2D eigenvalue weighted by Gasteiger charge is -2.07. The smallest absolute Gasteiger partial charge is 0.313 e. The molecule has 2 heterocycles. The molecule has 0 fully saturated rings. The van der Waals surface area contributed by atoms with Crippen molar-refractivity contribution in [3.05, 3.63) is 65.5 Å². The number of ether oxygens (including phenoxy) is 2. The molecule has 0 saturated heterocycles. The predicted octanol–water partition coefficient (Wildman–Crippen LogP) is 3.84. The van der Waals surface area contributed by atoms with Gasteiger partial charge < -0.3 is 9.47 Å². The van der Waals surface area contributed by atoms with E-state index in [1.807, 2.05) is 0 Å². The Labute approximate surface area is 153 Å². The van der Waals surface area contributed by atoms with Crippen molar-refractivity contribution in [3.63, 3.8) is 0 Å². The first-order chi connectivity index (χ1) is 12.5. The minimum atomic E-state index is -0.648. The molecule has 0 unspecified atom stereocenters. The lowest BCUT2D eigenvalue weighted by atomic mass is 10.1. The molecule has 0 bridgehead atoms. The summed E-state index contributed by atoms with van der Waals surface area (Å²) in [5.41, 5.74) is 1.43. The molecule has 3 rings (SSSR count). The van der Waals surface area contributed by atoms with Crippen LogP contribution in [0.1, 0.15) is 5.82 Å². The molecular weight excluding hydrogens is 361 g/mol. The van der Waals surface area contributed by atoms with E-state index in [1.165, 1.54) is 13.3 Å². The number of halogens is 2. The number of hydrogen-bond acceptors (Lipinski definition) is 6. The number of nitrogens with zero attached hydrogens (tertiary/aromatic N) is 3. The molecule has 8 heteroatoms. The lowest BCUT2D eigenvalue weighted by molar-refractivity contribution is -0.139. The largest absolute Gasteiger partial charge is 0.469 e. The second-order valence-electron chi connectivity index (χ2n) is 5.18. The molecule has 0 atom stereocenters. The first kappa shape index (κ1) is 17.8. The molecule has 132 valence electrons. The Morgan fingerprint density at radius 1 is 1.19 bits per heavy atom. The van der Waals surface area contributed by atoms with Gasteiger partial charge in [-0.25, -0.2) is 19.3 Å². The molecule has 0 aliphatic carbocycles. The summed E-state index contributed by atoms with van der Waals surface area (Å²) in [5.74, 6) is -0.453. The van der Waals surface area contributed by atoms with Crippen molar-refractivity contribution in [2.24, 2.45) is 0 Å². The van der Waals surface area contributed by atoms with Crippen LogP contribution in [-0.4, -0.2) is 28.0 Å². The number of esters is 1. The standard InChI is InChI=1S/C18H13ClFN3O3/c1-25-17(24)9-16-21-7-6-15(23-16)11-2-4-13(5-3-11)26-18-14(20)8-12(19)10-22-18/h2-8,10H,9H2,1H3. The summed E-state index contributed by atoms with van der Waals surface area (Å²) in [6.45, 7) is 0.